The van der Waals surface area contributed by atoms with Gasteiger partial charge < -0.3 is 14.8 Å². The number of hydrogen-bond donors (Lipinski definition) is 1. The first-order chi connectivity index (χ1) is 8.36. The monoisotopic (exact) mass is 233 g/mol. The van der Waals surface area contributed by atoms with Gasteiger partial charge in [0.1, 0.15) is 0 Å². The zero-order valence-electron chi connectivity index (χ0n) is 10.2. The molecule has 1 saturated carbocycles. The summed E-state index contributed by atoms with van der Waals surface area (Å²) in [5.74, 6) is 2.59. The van der Waals surface area contributed by atoms with Crippen molar-refractivity contribution in [2.75, 3.05) is 12.1 Å². The Morgan fingerprint density at radius 1 is 1.29 bits per heavy atom. The average molecular weight is 233 g/mol. The summed E-state index contributed by atoms with van der Waals surface area (Å²) < 4.78 is 10.7. The number of benzene rings is 1. The van der Waals surface area contributed by atoms with E-state index in [4.69, 9.17) is 9.47 Å². The summed E-state index contributed by atoms with van der Waals surface area (Å²) in [4.78, 5) is 0. The van der Waals surface area contributed by atoms with Crippen LogP contribution in [0.25, 0.3) is 0 Å². The molecule has 1 aromatic carbocycles. The Balaban J connectivity index is 1.70. The second-order valence-corrected chi connectivity index (χ2v) is 4.94. The molecule has 3 nitrogen and oxygen atoms in total. The molecule has 1 aromatic rings. The Morgan fingerprint density at radius 2 is 2.12 bits per heavy atom. The summed E-state index contributed by atoms with van der Waals surface area (Å²) in [7, 11) is 0. The number of anilines is 1. The van der Waals surface area contributed by atoms with E-state index in [0.29, 0.717) is 12.8 Å². The lowest BCUT2D eigenvalue weighted by Gasteiger charge is -2.19. The van der Waals surface area contributed by atoms with E-state index in [1.165, 1.54) is 25.7 Å². The molecule has 0 bridgehead atoms. The molecule has 1 aliphatic heterocycles. The van der Waals surface area contributed by atoms with E-state index >= 15 is 0 Å². The number of rotatable bonds is 5. The van der Waals surface area contributed by atoms with Gasteiger partial charge in [0, 0.05) is 17.8 Å². The van der Waals surface area contributed by atoms with Crippen LogP contribution >= 0.6 is 0 Å². The lowest BCUT2D eigenvalue weighted by molar-refractivity contribution is 0.174. The van der Waals surface area contributed by atoms with Crippen LogP contribution in [0.2, 0.25) is 0 Å². The molecule has 92 valence electrons. The standard InChI is InChI=1S/C14H19NO2/c1-2-3-12(10-4-5-10)15-11-6-7-13-14(8-11)17-9-16-13/h6-8,10,12,15H,2-5,9H2,1H3. The maximum Gasteiger partial charge on any atom is 0.231 e. The predicted molar refractivity (Wildman–Crippen MR) is 67.6 cm³/mol. The molecule has 0 saturated heterocycles. The van der Waals surface area contributed by atoms with E-state index in [-0.39, 0.29) is 0 Å². The maximum absolute atomic E-state index is 5.39. The van der Waals surface area contributed by atoms with E-state index in [1.54, 1.807) is 0 Å². The summed E-state index contributed by atoms with van der Waals surface area (Å²) in [6, 6.07) is 6.74. The molecule has 3 heteroatoms. The number of hydrogen-bond acceptors (Lipinski definition) is 3. The van der Waals surface area contributed by atoms with E-state index < -0.39 is 0 Å². The van der Waals surface area contributed by atoms with Gasteiger partial charge in [0.25, 0.3) is 0 Å². The Hall–Kier alpha value is -1.38. The van der Waals surface area contributed by atoms with Crippen LogP contribution in [0.5, 0.6) is 11.5 Å². The fourth-order valence-electron chi connectivity index (χ4n) is 2.44. The van der Waals surface area contributed by atoms with Crippen molar-refractivity contribution in [3.63, 3.8) is 0 Å². The summed E-state index contributed by atoms with van der Waals surface area (Å²) in [6.07, 6.45) is 5.24. The van der Waals surface area contributed by atoms with E-state index in [2.05, 4.69) is 18.3 Å². The lowest BCUT2D eigenvalue weighted by atomic mass is 10.1. The summed E-state index contributed by atoms with van der Waals surface area (Å²) >= 11 is 0. The van der Waals surface area contributed by atoms with Gasteiger partial charge in [0.15, 0.2) is 11.5 Å². The lowest BCUT2D eigenvalue weighted by Crippen LogP contribution is -2.21. The minimum atomic E-state index is 0.347. The Morgan fingerprint density at radius 3 is 2.88 bits per heavy atom. The molecule has 1 aliphatic carbocycles. The van der Waals surface area contributed by atoms with Crippen molar-refractivity contribution in [1.29, 1.82) is 0 Å². The molecular weight excluding hydrogens is 214 g/mol. The van der Waals surface area contributed by atoms with Crippen LogP contribution < -0.4 is 14.8 Å². The molecule has 1 atom stereocenters. The molecule has 0 radical (unpaired) electrons. The Labute approximate surface area is 102 Å². The minimum Gasteiger partial charge on any atom is -0.454 e. The summed E-state index contributed by atoms with van der Waals surface area (Å²) in [6.45, 7) is 2.59. The highest BCUT2D eigenvalue weighted by atomic mass is 16.7. The van der Waals surface area contributed by atoms with Gasteiger partial charge in [-0.15, -0.1) is 0 Å². The molecule has 0 amide bonds. The van der Waals surface area contributed by atoms with Gasteiger partial charge in [0.2, 0.25) is 6.79 Å². The van der Waals surface area contributed by atoms with Crippen molar-refractivity contribution >= 4 is 5.69 Å². The molecule has 0 spiro atoms. The van der Waals surface area contributed by atoms with Gasteiger partial charge in [-0.1, -0.05) is 13.3 Å². The maximum atomic E-state index is 5.39. The van der Waals surface area contributed by atoms with E-state index in [1.807, 2.05) is 12.1 Å². The third-order valence-electron chi connectivity index (χ3n) is 3.52. The predicted octanol–water partition coefficient (Wildman–Crippen LogP) is 3.41. The smallest absolute Gasteiger partial charge is 0.231 e. The van der Waals surface area contributed by atoms with Gasteiger partial charge in [-0.25, -0.2) is 0 Å². The van der Waals surface area contributed by atoms with Crippen LogP contribution in [0.15, 0.2) is 18.2 Å². The number of nitrogens with one attached hydrogen (secondary N) is 1. The van der Waals surface area contributed by atoms with Crippen LogP contribution in [0, 0.1) is 5.92 Å². The van der Waals surface area contributed by atoms with Crippen LogP contribution in [0.4, 0.5) is 5.69 Å². The Bertz CT molecular complexity index is 401. The van der Waals surface area contributed by atoms with Crippen molar-refractivity contribution in [1.82, 2.24) is 0 Å². The first-order valence-corrected chi connectivity index (χ1v) is 6.53. The van der Waals surface area contributed by atoms with Crippen molar-refractivity contribution in [3.05, 3.63) is 18.2 Å². The molecule has 1 heterocycles. The topological polar surface area (TPSA) is 30.5 Å². The van der Waals surface area contributed by atoms with E-state index in [9.17, 15) is 0 Å². The number of ether oxygens (including phenoxy) is 2. The fraction of sp³-hybridized carbons (Fsp3) is 0.571. The SMILES string of the molecule is CCCC(Nc1ccc2c(c1)OCO2)C1CC1. The highest BCUT2D eigenvalue weighted by molar-refractivity contribution is 5.56. The fourth-order valence-corrected chi connectivity index (χ4v) is 2.44. The normalized spacial score (nSPS) is 19.1. The molecule has 1 fully saturated rings. The molecule has 1 N–H and O–H groups in total. The third-order valence-corrected chi connectivity index (χ3v) is 3.52. The minimum absolute atomic E-state index is 0.347. The highest BCUT2D eigenvalue weighted by Gasteiger charge is 2.30. The Kier molecular flexibility index (Phi) is 2.83. The first-order valence-electron chi connectivity index (χ1n) is 6.53. The first kappa shape index (κ1) is 10.8. The van der Waals surface area contributed by atoms with Crippen molar-refractivity contribution in [2.24, 2.45) is 5.92 Å². The van der Waals surface area contributed by atoms with Gasteiger partial charge in [-0.05, 0) is 37.3 Å². The summed E-state index contributed by atoms with van der Waals surface area (Å²) in [5, 5.41) is 3.64. The quantitative estimate of drug-likeness (QED) is 0.845. The second kappa shape index (κ2) is 4.47. The van der Waals surface area contributed by atoms with Crippen LogP contribution in [-0.4, -0.2) is 12.8 Å². The molecular formula is C14H19NO2. The van der Waals surface area contributed by atoms with Gasteiger partial charge >= 0.3 is 0 Å². The van der Waals surface area contributed by atoms with Crippen molar-refractivity contribution in [2.45, 2.75) is 38.6 Å². The van der Waals surface area contributed by atoms with Crippen molar-refractivity contribution in [3.8, 4) is 11.5 Å². The van der Waals surface area contributed by atoms with Crippen LogP contribution in [0.3, 0.4) is 0 Å². The van der Waals surface area contributed by atoms with Crippen LogP contribution in [0.1, 0.15) is 32.6 Å². The van der Waals surface area contributed by atoms with Gasteiger partial charge in [-0.3, -0.25) is 0 Å². The van der Waals surface area contributed by atoms with E-state index in [0.717, 1.165) is 23.1 Å². The van der Waals surface area contributed by atoms with Crippen molar-refractivity contribution < 1.29 is 9.47 Å². The third kappa shape index (κ3) is 2.33. The number of fused-ring (bicyclic) bond motifs is 1. The van der Waals surface area contributed by atoms with Gasteiger partial charge in [-0.2, -0.15) is 0 Å². The molecule has 0 aromatic heterocycles. The summed E-state index contributed by atoms with van der Waals surface area (Å²) in [5.41, 5.74) is 1.15. The zero-order valence-corrected chi connectivity index (χ0v) is 10.2. The molecule has 2 aliphatic rings. The molecule has 3 rings (SSSR count). The van der Waals surface area contributed by atoms with Crippen LogP contribution in [-0.2, 0) is 0 Å². The largest absolute Gasteiger partial charge is 0.454 e. The van der Waals surface area contributed by atoms with Gasteiger partial charge in [0.05, 0.1) is 0 Å². The zero-order chi connectivity index (χ0) is 11.7. The average Bonchev–Trinajstić information content (AvgIpc) is 3.07. The second-order valence-electron chi connectivity index (χ2n) is 4.94. The highest BCUT2D eigenvalue weighted by Crippen LogP contribution is 2.38. The molecule has 17 heavy (non-hydrogen) atoms. The molecule has 1 unspecified atom stereocenters.